The van der Waals surface area contributed by atoms with Gasteiger partial charge in [0.25, 0.3) is 5.91 Å². The summed E-state index contributed by atoms with van der Waals surface area (Å²) in [6.07, 6.45) is 0. The SMILES string of the molecule is O=C(NCc1ccc(C#CCO)s1)c1cccc(F)c1Cl. The van der Waals surface area contributed by atoms with Gasteiger partial charge in [0, 0.05) is 4.88 Å². The number of amides is 1. The van der Waals surface area contributed by atoms with Gasteiger partial charge in [0.05, 0.1) is 22.0 Å². The summed E-state index contributed by atoms with van der Waals surface area (Å²) in [5.74, 6) is 4.28. The van der Waals surface area contributed by atoms with Crippen LogP contribution in [0.4, 0.5) is 4.39 Å². The average molecular weight is 324 g/mol. The number of carbonyl (C=O) groups is 1. The standard InChI is InChI=1S/C15H11ClFNO2S/c16-14-12(4-1-5-13(14)17)15(20)18-9-11-7-6-10(21-11)3-2-8-19/h1,4-7,19H,8-9H2,(H,18,20). The van der Waals surface area contributed by atoms with Crippen LogP contribution in [0.25, 0.3) is 0 Å². The molecule has 0 saturated carbocycles. The molecule has 2 N–H and O–H groups in total. The van der Waals surface area contributed by atoms with E-state index in [2.05, 4.69) is 17.2 Å². The largest absolute Gasteiger partial charge is 0.384 e. The number of benzene rings is 1. The summed E-state index contributed by atoms with van der Waals surface area (Å²) in [7, 11) is 0. The summed E-state index contributed by atoms with van der Waals surface area (Å²) in [6.45, 7) is 0.110. The Labute approximate surface area is 130 Å². The maximum atomic E-state index is 13.3. The van der Waals surface area contributed by atoms with Crippen molar-refractivity contribution in [1.82, 2.24) is 5.32 Å². The fraction of sp³-hybridized carbons (Fsp3) is 0.133. The summed E-state index contributed by atoms with van der Waals surface area (Å²) in [5.41, 5.74) is 0.105. The van der Waals surface area contributed by atoms with Crippen LogP contribution in [0.15, 0.2) is 30.3 Å². The van der Waals surface area contributed by atoms with Crippen LogP contribution in [0, 0.1) is 17.7 Å². The zero-order valence-electron chi connectivity index (χ0n) is 10.8. The van der Waals surface area contributed by atoms with Gasteiger partial charge in [-0.3, -0.25) is 4.79 Å². The monoisotopic (exact) mass is 323 g/mol. The number of aliphatic hydroxyl groups is 1. The summed E-state index contributed by atoms with van der Waals surface area (Å²) >= 11 is 7.17. The van der Waals surface area contributed by atoms with Crippen molar-refractivity contribution in [3.8, 4) is 11.8 Å². The topological polar surface area (TPSA) is 49.3 Å². The molecule has 0 saturated heterocycles. The highest BCUT2D eigenvalue weighted by molar-refractivity contribution is 7.12. The maximum absolute atomic E-state index is 13.3. The van der Waals surface area contributed by atoms with Crippen LogP contribution in [0.5, 0.6) is 0 Å². The lowest BCUT2D eigenvalue weighted by Crippen LogP contribution is -2.22. The average Bonchev–Trinajstić information content (AvgIpc) is 2.93. The van der Waals surface area contributed by atoms with E-state index in [1.165, 1.54) is 29.5 Å². The van der Waals surface area contributed by atoms with E-state index in [4.69, 9.17) is 16.7 Å². The van der Waals surface area contributed by atoms with Gasteiger partial charge >= 0.3 is 0 Å². The van der Waals surface area contributed by atoms with E-state index in [-0.39, 0.29) is 17.2 Å². The van der Waals surface area contributed by atoms with Crippen LogP contribution in [0.3, 0.4) is 0 Å². The van der Waals surface area contributed by atoms with Gasteiger partial charge in [0.1, 0.15) is 12.4 Å². The van der Waals surface area contributed by atoms with Gasteiger partial charge in [-0.25, -0.2) is 4.39 Å². The maximum Gasteiger partial charge on any atom is 0.253 e. The Morgan fingerprint density at radius 1 is 1.38 bits per heavy atom. The van der Waals surface area contributed by atoms with Crippen molar-refractivity contribution >= 4 is 28.8 Å². The number of rotatable bonds is 3. The zero-order chi connectivity index (χ0) is 15.2. The molecular formula is C15H11ClFNO2S. The number of aliphatic hydroxyl groups excluding tert-OH is 1. The van der Waals surface area contributed by atoms with Crippen LogP contribution in [-0.2, 0) is 6.54 Å². The molecule has 1 aromatic carbocycles. The first-order valence-corrected chi connectivity index (χ1v) is 7.22. The minimum atomic E-state index is -0.623. The quantitative estimate of drug-likeness (QED) is 0.853. The number of hydrogen-bond acceptors (Lipinski definition) is 3. The lowest BCUT2D eigenvalue weighted by Gasteiger charge is -2.05. The number of nitrogens with one attached hydrogen (secondary N) is 1. The molecule has 0 fully saturated rings. The molecule has 1 heterocycles. The van der Waals surface area contributed by atoms with Gasteiger partial charge < -0.3 is 10.4 Å². The van der Waals surface area contributed by atoms with E-state index in [1.54, 1.807) is 0 Å². The van der Waals surface area contributed by atoms with Gasteiger partial charge in [0.15, 0.2) is 0 Å². The first-order valence-electron chi connectivity index (χ1n) is 6.02. The predicted octanol–water partition coefficient (Wildman–Crippen LogP) is 2.81. The van der Waals surface area contributed by atoms with Gasteiger partial charge in [-0.05, 0) is 24.3 Å². The van der Waals surface area contributed by atoms with Crippen molar-refractivity contribution in [3.05, 3.63) is 56.5 Å². The molecule has 0 radical (unpaired) electrons. The predicted molar refractivity (Wildman–Crippen MR) is 80.9 cm³/mol. The molecule has 0 bridgehead atoms. The summed E-state index contributed by atoms with van der Waals surface area (Å²) < 4.78 is 13.3. The van der Waals surface area contributed by atoms with Crippen molar-refractivity contribution < 1.29 is 14.3 Å². The summed E-state index contributed by atoms with van der Waals surface area (Å²) in [5, 5.41) is 11.1. The van der Waals surface area contributed by atoms with Crippen molar-refractivity contribution in [2.24, 2.45) is 0 Å². The van der Waals surface area contributed by atoms with E-state index in [0.29, 0.717) is 6.54 Å². The van der Waals surface area contributed by atoms with Gasteiger partial charge in [-0.1, -0.05) is 29.5 Å². The van der Waals surface area contributed by atoms with Gasteiger partial charge in [-0.15, -0.1) is 11.3 Å². The van der Waals surface area contributed by atoms with Crippen molar-refractivity contribution in [1.29, 1.82) is 0 Å². The Hall–Kier alpha value is -1.87. The normalized spacial score (nSPS) is 9.86. The molecule has 21 heavy (non-hydrogen) atoms. The number of thiophene rings is 1. The van der Waals surface area contributed by atoms with Crippen LogP contribution >= 0.6 is 22.9 Å². The van der Waals surface area contributed by atoms with Crippen LogP contribution in [0.2, 0.25) is 5.02 Å². The van der Waals surface area contributed by atoms with E-state index in [9.17, 15) is 9.18 Å². The molecule has 0 aliphatic rings. The minimum Gasteiger partial charge on any atom is -0.384 e. The Balaban J connectivity index is 2.01. The fourth-order valence-corrected chi connectivity index (χ4v) is 2.64. The van der Waals surface area contributed by atoms with Crippen LogP contribution in [-0.4, -0.2) is 17.6 Å². The third-order valence-corrected chi connectivity index (χ3v) is 3.96. The molecule has 2 rings (SSSR count). The third kappa shape index (κ3) is 4.05. The van der Waals surface area contributed by atoms with E-state index < -0.39 is 11.7 Å². The first-order chi connectivity index (χ1) is 10.1. The molecule has 0 aliphatic carbocycles. The molecule has 108 valence electrons. The molecule has 3 nitrogen and oxygen atoms in total. The summed E-state index contributed by atoms with van der Waals surface area (Å²) in [4.78, 5) is 13.7. The highest BCUT2D eigenvalue weighted by Crippen LogP contribution is 2.20. The second-order valence-corrected chi connectivity index (χ2v) is 5.56. The molecule has 0 atom stereocenters. The highest BCUT2D eigenvalue weighted by Gasteiger charge is 2.13. The second-order valence-electron chi connectivity index (χ2n) is 4.01. The number of carbonyl (C=O) groups excluding carboxylic acids is 1. The molecule has 0 unspecified atom stereocenters. The Morgan fingerprint density at radius 2 is 2.19 bits per heavy atom. The van der Waals surface area contributed by atoms with Gasteiger partial charge in [0.2, 0.25) is 0 Å². The lowest BCUT2D eigenvalue weighted by molar-refractivity contribution is 0.0951. The molecule has 0 spiro atoms. The molecule has 1 amide bonds. The van der Waals surface area contributed by atoms with Crippen molar-refractivity contribution in [3.63, 3.8) is 0 Å². The van der Waals surface area contributed by atoms with Crippen LogP contribution in [0.1, 0.15) is 20.1 Å². The van der Waals surface area contributed by atoms with Crippen LogP contribution < -0.4 is 5.32 Å². The molecule has 2 aromatic rings. The highest BCUT2D eigenvalue weighted by atomic mass is 35.5. The zero-order valence-corrected chi connectivity index (χ0v) is 12.4. The van der Waals surface area contributed by atoms with E-state index in [0.717, 1.165) is 9.75 Å². The fourth-order valence-electron chi connectivity index (χ4n) is 1.61. The Kier molecular flexibility index (Phi) is 5.34. The number of hydrogen-bond donors (Lipinski definition) is 2. The van der Waals surface area contributed by atoms with E-state index in [1.807, 2.05) is 12.1 Å². The first kappa shape index (κ1) is 15.5. The van der Waals surface area contributed by atoms with Gasteiger partial charge in [-0.2, -0.15) is 0 Å². The minimum absolute atomic E-state index is 0.105. The molecular weight excluding hydrogens is 313 g/mol. The molecule has 6 heteroatoms. The van der Waals surface area contributed by atoms with Crippen molar-refractivity contribution in [2.75, 3.05) is 6.61 Å². The van der Waals surface area contributed by atoms with E-state index >= 15 is 0 Å². The molecule has 1 aromatic heterocycles. The third-order valence-electron chi connectivity index (χ3n) is 2.57. The number of halogens is 2. The molecule has 0 aliphatic heterocycles. The summed E-state index contributed by atoms with van der Waals surface area (Å²) in [6, 6.07) is 7.74. The lowest BCUT2D eigenvalue weighted by atomic mass is 10.2. The Bertz CT molecular complexity index is 718. The Morgan fingerprint density at radius 3 is 2.95 bits per heavy atom. The smallest absolute Gasteiger partial charge is 0.253 e. The van der Waals surface area contributed by atoms with Crippen molar-refractivity contribution in [2.45, 2.75) is 6.54 Å². The second kappa shape index (κ2) is 7.23.